The highest BCUT2D eigenvalue weighted by atomic mass is 35.5. The Hall–Kier alpha value is -2.68. The maximum Gasteiger partial charge on any atom is 0.270 e. The van der Waals surface area contributed by atoms with Crippen LogP contribution in [0.3, 0.4) is 0 Å². The monoisotopic (exact) mass is 407 g/mol. The second kappa shape index (κ2) is 7.15. The van der Waals surface area contributed by atoms with Gasteiger partial charge in [0.2, 0.25) is 5.88 Å². The molecule has 2 heterocycles. The van der Waals surface area contributed by atoms with Crippen molar-refractivity contribution in [2.45, 2.75) is 13.2 Å². The Kier molecular flexibility index (Phi) is 4.69. The highest BCUT2D eigenvalue weighted by Gasteiger charge is 2.21. The fraction of sp³-hybridized carbons (Fsp3) is 0.176. The maximum atomic E-state index is 11.2. The van der Waals surface area contributed by atoms with E-state index in [0.717, 1.165) is 0 Å². The number of nitrogens with zero attached hydrogens (tertiary/aromatic N) is 3. The average molecular weight is 408 g/mol. The van der Waals surface area contributed by atoms with Crippen LogP contribution in [0.1, 0.15) is 11.1 Å². The summed E-state index contributed by atoms with van der Waals surface area (Å²) >= 11 is 12.2. The molecule has 1 aliphatic heterocycles. The molecule has 1 aromatic heterocycles. The van der Waals surface area contributed by atoms with Gasteiger partial charge in [0.15, 0.2) is 6.79 Å². The Labute approximate surface area is 162 Å². The van der Waals surface area contributed by atoms with Gasteiger partial charge in [0, 0.05) is 28.3 Å². The van der Waals surface area contributed by atoms with Gasteiger partial charge in [-0.15, -0.1) is 0 Å². The molecular formula is C17H11Cl2N3O5. The van der Waals surface area contributed by atoms with E-state index in [-0.39, 0.29) is 31.6 Å². The number of non-ortho nitro benzene ring substituents is 1. The zero-order chi connectivity index (χ0) is 19.0. The summed E-state index contributed by atoms with van der Waals surface area (Å²) in [6.07, 6.45) is 1.32. The van der Waals surface area contributed by atoms with Crippen molar-refractivity contribution in [1.82, 2.24) is 9.97 Å². The van der Waals surface area contributed by atoms with Crippen LogP contribution in [0.4, 0.5) is 5.69 Å². The smallest absolute Gasteiger partial charge is 0.270 e. The zero-order valence-electron chi connectivity index (χ0n) is 13.6. The van der Waals surface area contributed by atoms with Crippen molar-refractivity contribution >= 4 is 39.8 Å². The first-order chi connectivity index (χ1) is 13.0. The molecule has 3 aromatic rings. The van der Waals surface area contributed by atoms with Crippen molar-refractivity contribution < 1.29 is 19.1 Å². The summed E-state index contributed by atoms with van der Waals surface area (Å²) < 4.78 is 16.5. The molecule has 0 saturated carbocycles. The normalized spacial score (nSPS) is 13.1. The van der Waals surface area contributed by atoms with Gasteiger partial charge in [-0.1, -0.05) is 23.2 Å². The van der Waals surface area contributed by atoms with Gasteiger partial charge in [0.25, 0.3) is 5.69 Å². The first kappa shape index (κ1) is 17.7. The van der Waals surface area contributed by atoms with Gasteiger partial charge < -0.3 is 14.2 Å². The number of nitro groups is 1. The number of aromatic nitrogens is 2. The largest absolute Gasteiger partial charge is 0.472 e. The van der Waals surface area contributed by atoms with Crippen LogP contribution in [-0.2, 0) is 18.0 Å². The predicted molar refractivity (Wildman–Crippen MR) is 97.3 cm³/mol. The standard InChI is InChI=1S/C17H11Cl2N3O5/c18-11-3-13-15(14(19)4-11)20-7-21-17(13)26-6-10-2-12(22(23)24)1-9-5-25-8-27-16(9)10/h1-4,7H,5-6,8H2. The first-order valence-corrected chi connectivity index (χ1v) is 8.52. The van der Waals surface area contributed by atoms with Gasteiger partial charge in [-0.3, -0.25) is 10.1 Å². The van der Waals surface area contributed by atoms with E-state index in [1.165, 1.54) is 18.5 Å². The lowest BCUT2D eigenvalue weighted by Gasteiger charge is -2.20. The molecule has 2 aromatic carbocycles. The number of halogens is 2. The molecule has 0 unspecified atom stereocenters. The third-order valence-corrected chi connectivity index (χ3v) is 4.47. The topological polar surface area (TPSA) is 96.6 Å². The summed E-state index contributed by atoms with van der Waals surface area (Å²) in [6, 6.07) is 6.06. The van der Waals surface area contributed by atoms with Crippen molar-refractivity contribution in [1.29, 1.82) is 0 Å². The molecule has 0 bridgehead atoms. The number of hydrogen-bond donors (Lipinski definition) is 0. The second-order valence-electron chi connectivity index (χ2n) is 5.71. The van der Waals surface area contributed by atoms with Crippen molar-refractivity contribution in [2.75, 3.05) is 6.79 Å². The zero-order valence-corrected chi connectivity index (χ0v) is 15.2. The van der Waals surface area contributed by atoms with Crippen LogP contribution >= 0.6 is 23.2 Å². The van der Waals surface area contributed by atoms with E-state index in [4.69, 9.17) is 37.4 Å². The molecule has 27 heavy (non-hydrogen) atoms. The van der Waals surface area contributed by atoms with E-state index in [1.54, 1.807) is 12.1 Å². The van der Waals surface area contributed by atoms with Crippen molar-refractivity contribution in [3.05, 3.63) is 61.9 Å². The Morgan fingerprint density at radius 2 is 2.07 bits per heavy atom. The maximum absolute atomic E-state index is 11.2. The quantitative estimate of drug-likeness (QED) is 0.469. The summed E-state index contributed by atoms with van der Waals surface area (Å²) in [5.41, 5.74) is 1.53. The Morgan fingerprint density at radius 1 is 1.22 bits per heavy atom. The van der Waals surface area contributed by atoms with E-state index in [0.29, 0.717) is 37.8 Å². The molecule has 0 amide bonds. The van der Waals surface area contributed by atoms with Gasteiger partial charge in [0.1, 0.15) is 18.7 Å². The minimum atomic E-state index is -0.474. The van der Waals surface area contributed by atoms with E-state index in [9.17, 15) is 10.1 Å². The fourth-order valence-corrected chi connectivity index (χ4v) is 3.37. The lowest BCUT2D eigenvalue weighted by Crippen LogP contribution is -2.14. The first-order valence-electron chi connectivity index (χ1n) is 7.76. The van der Waals surface area contributed by atoms with Crippen molar-refractivity contribution in [2.24, 2.45) is 0 Å². The molecule has 10 heteroatoms. The molecule has 0 aliphatic carbocycles. The van der Waals surface area contributed by atoms with Gasteiger partial charge in [-0.2, -0.15) is 0 Å². The third kappa shape index (κ3) is 3.46. The number of rotatable bonds is 4. The van der Waals surface area contributed by atoms with E-state index < -0.39 is 4.92 Å². The number of hydrogen-bond acceptors (Lipinski definition) is 7. The predicted octanol–water partition coefficient (Wildman–Crippen LogP) is 4.29. The van der Waals surface area contributed by atoms with Crippen LogP contribution in [-0.4, -0.2) is 21.7 Å². The lowest BCUT2D eigenvalue weighted by molar-refractivity contribution is -0.385. The van der Waals surface area contributed by atoms with E-state index >= 15 is 0 Å². The SMILES string of the molecule is O=[N+]([O-])c1cc2c(c(COc3ncnc4c(Cl)cc(Cl)cc34)c1)OCOC2. The second-order valence-corrected chi connectivity index (χ2v) is 6.56. The molecule has 0 radical (unpaired) electrons. The molecular weight excluding hydrogens is 397 g/mol. The minimum absolute atomic E-state index is 0.000257. The Morgan fingerprint density at radius 3 is 2.89 bits per heavy atom. The molecule has 0 spiro atoms. The summed E-state index contributed by atoms with van der Waals surface area (Å²) in [6.45, 7) is 0.297. The molecule has 138 valence electrons. The van der Waals surface area contributed by atoms with Crippen LogP contribution in [0.25, 0.3) is 10.9 Å². The minimum Gasteiger partial charge on any atom is -0.472 e. The van der Waals surface area contributed by atoms with E-state index in [1.807, 2.05) is 0 Å². The number of nitro benzene ring substituents is 1. The summed E-state index contributed by atoms with van der Waals surface area (Å²) in [7, 11) is 0. The highest BCUT2D eigenvalue weighted by molar-refractivity contribution is 6.38. The van der Waals surface area contributed by atoms with Crippen LogP contribution in [0.2, 0.25) is 10.0 Å². The molecule has 1 aliphatic rings. The Balaban J connectivity index is 1.71. The third-order valence-electron chi connectivity index (χ3n) is 3.97. The highest BCUT2D eigenvalue weighted by Crippen LogP contribution is 2.35. The molecule has 8 nitrogen and oxygen atoms in total. The molecule has 0 atom stereocenters. The molecule has 0 fully saturated rings. The molecule has 4 rings (SSSR count). The van der Waals surface area contributed by atoms with Crippen LogP contribution in [0.15, 0.2) is 30.6 Å². The number of ether oxygens (including phenoxy) is 3. The van der Waals surface area contributed by atoms with E-state index in [2.05, 4.69) is 9.97 Å². The number of fused-ring (bicyclic) bond motifs is 2. The van der Waals surface area contributed by atoms with Gasteiger partial charge in [0.05, 0.1) is 27.5 Å². The van der Waals surface area contributed by atoms with Gasteiger partial charge in [-0.25, -0.2) is 9.97 Å². The number of benzene rings is 2. The van der Waals surface area contributed by atoms with Crippen molar-refractivity contribution in [3.63, 3.8) is 0 Å². The summed E-state index contributed by atoms with van der Waals surface area (Å²) in [5.74, 6) is 0.776. The summed E-state index contributed by atoms with van der Waals surface area (Å²) in [4.78, 5) is 19.0. The average Bonchev–Trinajstić information content (AvgIpc) is 2.66. The summed E-state index contributed by atoms with van der Waals surface area (Å²) in [5, 5.41) is 12.5. The fourth-order valence-electron chi connectivity index (χ4n) is 2.82. The van der Waals surface area contributed by atoms with Crippen LogP contribution < -0.4 is 9.47 Å². The van der Waals surface area contributed by atoms with Crippen molar-refractivity contribution in [3.8, 4) is 11.6 Å². The molecule has 0 N–H and O–H groups in total. The van der Waals surface area contributed by atoms with Gasteiger partial charge in [-0.05, 0) is 12.1 Å². The van der Waals surface area contributed by atoms with Crippen LogP contribution in [0, 0.1) is 10.1 Å². The van der Waals surface area contributed by atoms with Gasteiger partial charge >= 0.3 is 0 Å². The van der Waals surface area contributed by atoms with Crippen LogP contribution in [0.5, 0.6) is 11.6 Å². The molecule has 0 saturated heterocycles. The lowest BCUT2D eigenvalue weighted by atomic mass is 10.1. The Bertz CT molecular complexity index is 1060.